The predicted octanol–water partition coefficient (Wildman–Crippen LogP) is 1.31. The first-order valence-corrected chi connectivity index (χ1v) is 9.69. The van der Waals surface area contributed by atoms with Crippen LogP contribution in [0.4, 0.5) is 0 Å². The summed E-state index contributed by atoms with van der Waals surface area (Å²) in [6.45, 7) is 3.42. The van der Waals surface area contributed by atoms with E-state index in [0.29, 0.717) is 0 Å². The molecule has 0 aliphatic heterocycles. The Morgan fingerprint density at radius 2 is 1.62 bits per heavy atom. The van der Waals surface area contributed by atoms with Crippen LogP contribution in [0.15, 0.2) is 35.2 Å². The topological polar surface area (TPSA) is 80.8 Å². The Morgan fingerprint density at radius 1 is 1.10 bits per heavy atom. The minimum Gasteiger partial charge on any atom is -0.269 e. The quantitative estimate of drug-likeness (QED) is 0.702. The van der Waals surface area contributed by atoms with Gasteiger partial charge >= 0.3 is 0 Å². The van der Waals surface area contributed by atoms with Crippen molar-refractivity contribution in [3.63, 3.8) is 0 Å². The zero-order valence-electron chi connectivity index (χ0n) is 12.6. The Hall–Kier alpha value is -0.960. The summed E-state index contributed by atoms with van der Waals surface area (Å²) in [5.41, 5.74) is 0. The number of hydrogen-bond donors (Lipinski definition) is 0. The lowest BCUT2D eigenvalue weighted by atomic mass is 10.1. The maximum Gasteiger partial charge on any atom is 0.264 e. The molecular formula is C13H21NO5S2. The highest BCUT2D eigenvalue weighted by Gasteiger charge is 2.30. The lowest BCUT2D eigenvalue weighted by Crippen LogP contribution is -2.43. The summed E-state index contributed by atoms with van der Waals surface area (Å²) in [6.07, 6.45) is 0.941. The molecule has 0 aliphatic carbocycles. The van der Waals surface area contributed by atoms with Gasteiger partial charge in [-0.15, -0.1) is 0 Å². The van der Waals surface area contributed by atoms with Crippen molar-refractivity contribution in [3.05, 3.63) is 30.3 Å². The molecule has 120 valence electrons. The highest BCUT2D eigenvalue weighted by Crippen LogP contribution is 2.20. The van der Waals surface area contributed by atoms with Gasteiger partial charge in [0.15, 0.2) is 0 Å². The monoisotopic (exact) mass is 335 g/mol. The van der Waals surface area contributed by atoms with Crippen LogP contribution in [0.25, 0.3) is 0 Å². The third-order valence-electron chi connectivity index (χ3n) is 3.11. The second kappa shape index (κ2) is 6.87. The van der Waals surface area contributed by atoms with E-state index >= 15 is 0 Å². The van der Waals surface area contributed by atoms with Crippen LogP contribution in [-0.2, 0) is 24.3 Å². The SMILES string of the molecule is CC(C)[C@@H](COS(C)(=O)=O)N(C)S(=O)(=O)c1ccccc1. The van der Waals surface area contributed by atoms with Gasteiger partial charge < -0.3 is 0 Å². The smallest absolute Gasteiger partial charge is 0.264 e. The molecule has 0 unspecified atom stereocenters. The maximum absolute atomic E-state index is 12.5. The lowest BCUT2D eigenvalue weighted by Gasteiger charge is -2.29. The van der Waals surface area contributed by atoms with Crippen LogP contribution in [0, 0.1) is 5.92 Å². The summed E-state index contributed by atoms with van der Waals surface area (Å²) in [5, 5.41) is 0. The largest absolute Gasteiger partial charge is 0.269 e. The fourth-order valence-corrected chi connectivity index (χ4v) is 3.73. The van der Waals surface area contributed by atoms with Crippen molar-refractivity contribution in [1.29, 1.82) is 0 Å². The van der Waals surface area contributed by atoms with E-state index in [2.05, 4.69) is 0 Å². The predicted molar refractivity (Wildman–Crippen MR) is 80.8 cm³/mol. The molecule has 0 aliphatic rings. The van der Waals surface area contributed by atoms with Gasteiger partial charge in [-0.3, -0.25) is 4.18 Å². The zero-order chi connectivity index (χ0) is 16.3. The number of sulfonamides is 1. The molecule has 0 radical (unpaired) electrons. The van der Waals surface area contributed by atoms with Gasteiger partial charge in [0.05, 0.1) is 23.8 Å². The number of likely N-dealkylation sites (N-methyl/N-ethyl adjacent to an activating group) is 1. The molecule has 0 saturated heterocycles. The Morgan fingerprint density at radius 3 is 2.05 bits per heavy atom. The van der Waals surface area contributed by atoms with Crippen molar-refractivity contribution >= 4 is 20.1 Å². The van der Waals surface area contributed by atoms with Gasteiger partial charge in [0.1, 0.15) is 0 Å². The average molecular weight is 335 g/mol. The molecule has 1 aromatic rings. The first kappa shape index (κ1) is 18.1. The van der Waals surface area contributed by atoms with Crippen molar-refractivity contribution < 1.29 is 21.0 Å². The van der Waals surface area contributed by atoms with Crippen LogP contribution < -0.4 is 0 Å². The Labute approximate surface area is 126 Å². The molecule has 0 amide bonds. The Bertz CT molecular complexity index is 653. The molecule has 0 heterocycles. The molecule has 0 spiro atoms. The molecule has 0 saturated carbocycles. The summed E-state index contributed by atoms with van der Waals surface area (Å²) in [6, 6.07) is 7.42. The van der Waals surface area contributed by atoms with Crippen molar-refractivity contribution in [2.24, 2.45) is 5.92 Å². The van der Waals surface area contributed by atoms with Crippen molar-refractivity contribution in [2.75, 3.05) is 19.9 Å². The Balaban J connectivity index is 3.03. The molecule has 1 atom stereocenters. The van der Waals surface area contributed by atoms with Crippen molar-refractivity contribution in [3.8, 4) is 0 Å². The van der Waals surface area contributed by atoms with E-state index in [0.717, 1.165) is 10.6 Å². The van der Waals surface area contributed by atoms with Crippen LogP contribution in [0.2, 0.25) is 0 Å². The minimum atomic E-state index is -3.69. The number of nitrogens with zero attached hydrogens (tertiary/aromatic N) is 1. The van der Waals surface area contributed by atoms with Crippen LogP contribution in [0.1, 0.15) is 13.8 Å². The fraction of sp³-hybridized carbons (Fsp3) is 0.538. The molecule has 0 fully saturated rings. The highest BCUT2D eigenvalue weighted by atomic mass is 32.2. The molecule has 1 aromatic carbocycles. The van der Waals surface area contributed by atoms with Crippen LogP contribution >= 0.6 is 0 Å². The zero-order valence-corrected chi connectivity index (χ0v) is 14.2. The van der Waals surface area contributed by atoms with Gasteiger partial charge in [-0.1, -0.05) is 32.0 Å². The van der Waals surface area contributed by atoms with Crippen LogP contribution in [0.3, 0.4) is 0 Å². The van der Waals surface area contributed by atoms with E-state index in [9.17, 15) is 16.8 Å². The van der Waals surface area contributed by atoms with E-state index < -0.39 is 26.2 Å². The van der Waals surface area contributed by atoms with Crippen LogP contribution in [-0.4, -0.2) is 47.1 Å². The molecule has 8 heteroatoms. The molecule has 21 heavy (non-hydrogen) atoms. The first-order valence-electron chi connectivity index (χ1n) is 6.43. The van der Waals surface area contributed by atoms with Crippen molar-refractivity contribution in [1.82, 2.24) is 4.31 Å². The van der Waals surface area contributed by atoms with Gasteiger partial charge in [-0.05, 0) is 18.1 Å². The van der Waals surface area contributed by atoms with Gasteiger partial charge in [-0.25, -0.2) is 8.42 Å². The second-order valence-electron chi connectivity index (χ2n) is 5.13. The maximum atomic E-state index is 12.5. The molecule has 0 N–H and O–H groups in total. The van der Waals surface area contributed by atoms with Crippen LogP contribution in [0.5, 0.6) is 0 Å². The first-order chi connectivity index (χ1) is 9.55. The van der Waals surface area contributed by atoms with Gasteiger partial charge in [0, 0.05) is 7.05 Å². The van der Waals surface area contributed by atoms with E-state index in [1.165, 1.54) is 19.2 Å². The molecular weight excluding hydrogens is 314 g/mol. The lowest BCUT2D eigenvalue weighted by molar-refractivity contribution is 0.188. The van der Waals surface area contributed by atoms with E-state index in [1.54, 1.807) is 18.2 Å². The number of hydrogen-bond acceptors (Lipinski definition) is 5. The van der Waals surface area contributed by atoms with E-state index in [1.807, 2.05) is 13.8 Å². The fourth-order valence-electron chi connectivity index (χ4n) is 1.85. The van der Waals surface area contributed by atoms with Crippen molar-refractivity contribution in [2.45, 2.75) is 24.8 Å². The second-order valence-corrected chi connectivity index (χ2v) is 8.78. The minimum absolute atomic E-state index is 0.102. The standard InChI is InChI=1S/C13H21NO5S2/c1-11(2)13(10-19-20(4,15)16)14(3)21(17,18)12-8-6-5-7-9-12/h5-9,11,13H,10H2,1-4H3/t13-/m1/s1. The summed E-state index contributed by atoms with van der Waals surface area (Å²) in [4.78, 5) is 0.164. The summed E-state index contributed by atoms with van der Waals surface area (Å²) >= 11 is 0. The van der Waals surface area contributed by atoms with Gasteiger partial charge in [-0.2, -0.15) is 12.7 Å². The summed E-state index contributed by atoms with van der Waals surface area (Å²) in [7, 11) is -5.88. The molecule has 0 bridgehead atoms. The Kier molecular flexibility index (Phi) is 5.92. The number of benzene rings is 1. The summed E-state index contributed by atoms with van der Waals surface area (Å²) in [5.74, 6) is -0.102. The van der Waals surface area contributed by atoms with Gasteiger partial charge in [0.25, 0.3) is 10.1 Å². The third-order valence-corrected chi connectivity index (χ3v) is 5.57. The highest BCUT2D eigenvalue weighted by molar-refractivity contribution is 7.89. The van der Waals surface area contributed by atoms with E-state index in [4.69, 9.17) is 4.18 Å². The van der Waals surface area contributed by atoms with Gasteiger partial charge in [0.2, 0.25) is 10.0 Å². The molecule has 0 aromatic heterocycles. The van der Waals surface area contributed by atoms with E-state index in [-0.39, 0.29) is 17.4 Å². The third kappa shape index (κ3) is 5.06. The molecule has 1 rings (SSSR count). The average Bonchev–Trinajstić information content (AvgIpc) is 2.38. The number of rotatable bonds is 7. The normalized spacial score (nSPS) is 14.6. The molecule has 6 nitrogen and oxygen atoms in total. The summed E-state index contributed by atoms with van der Waals surface area (Å²) < 4.78 is 53.2.